The number of rotatable bonds is 8. The molecule has 3 heteroatoms. The summed E-state index contributed by atoms with van der Waals surface area (Å²) in [7, 11) is 1.70. The molecule has 3 nitrogen and oxygen atoms in total. The number of hydrogen-bond donors (Lipinski definition) is 0. The van der Waals surface area contributed by atoms with Gasteiger partial charge in [0.1, 0.15) is 18.1 Å². The number of nitrogens with zero attached hydrogens (tertiary/aromatic N) is 1. The van der Waals surface area contributed by atoms with Crippen LogP contribution in [0.5, 0.6) is 5.75 Å². The molecule has 136 valence electrons. The van der Waals surface area contributed by atoms with Crippen LogP contribution in [0.4, 0.5) is 0 Å². The number of ketones is 1. The minimum absolute atomic E-state index is 0.118. The molecule has 0 aromatic heterocycles. The van der Waals surface area contributed by atoms with Gasteiger partial charge in [-0.15, -0.1) is 0 Å². The fraction of sp³-hybridized carbons (Fsp3) is 0.167. The van der Waals surface area contributed by atoms with E-state index in [1.807, 2.05) is 84.9 Å². The normalized spacial score (nSPS) is 12.0. The third-order valence-corrected chi connectivity index (χ3v) is 4.33. The fourth-order valence-electron chi connectivity index (χ4n) is 2.96. The molecule has 27 heavy (non-hydrogen) atoms. The van der Waals surface area contributed by atoms with Crippen LogP contribution in [0.1, 0.15) is 22.6 Å². The number of aliphatic imine (C=N–C) groups is 1. The number of carbonyl (C=O) groups excluding carboxylic acids is 1. The van der Waals surface area contributed by atoms with Crippen molar-refractivity contribution in [3.05, 3.63) is 102 Å². The van der Waals surface area contributed by atoms with Crippen LogP contribution >= 0.6 is 0 Å². The van der Waals surface area contributed by atoms with Crippen LogP contribution in [0.25, 0.3) is 0 Å². The molecule has 1 atom stereocenters. The van der Waals surface area contributed by atoms with Crippen molar-refractivity contribution in [2.24, 2.45) is 4.99 Å². The Labute approximate surface area is 160 Å². The first kappa shape index (κ1) is 18.6. The molecule has 1 unspecified atom stereocenters. The number of benzene rings is 3. The summed E-state index contributed by atoms with van der Waals surface area (Å²) >= 11 is 0. The number of Topliss-reactive ketones (excluding diaryl/α,β-unsaturated/α-hetero) is 1. The minimum atomic E-state index is -0.329. The highest BCUT2D eigenvalue weighted by atomic mass is 16.5. The lowest BCUT2D eigenvalue weighted by Crippen LogP contribution is -2.16. The summed E-state index contributed by atoms with van der Waals surface area (Å²) in [5, 5.41) is 0. The van der Waals surface area contributed by atoms with Gasteiger partial charge in [-0.2, -0.15) is 0 Å². The van der Waals surface area contributed by atoms with Gasteiger partial charge in [-0.3, -0.25) is 9.79 Å². The Morgan fingerprint density at radius 2 is 1.59 bits per heavy atom. The first-order valence-corrected chi connectivity index (χ1v) is 9.02. The highest BCUT2D eigenvalue weighted by Crippen LogP contribution is 2.20. The van der Waals surface area contributed by atoms with Crippen molar-refractivity contribution in [3.8, 4) is 5.75 Å². The molecule has 0 fully saturated rings. The van der Waals surface area contributed by atoms with E-state index in [1.54, 1.807) is 13.3 Å². The summed E-state index contributed by atoms with van der Waals surface area (Å²) in [4.78, 5) is 16.9. The van der Waals surface area contributed by atoms with Crippen molar-refractivity contribution in [1.29, 1.82) is 0 Å². The van der Waals surface area contributed by atoms with Crippen molar-refractivity contribution < 1.29 is 9.53 Å². The molecule has 3 aromatic rings. The monoisotopic (exact) mass is 357 g/mol. The molecule has 0 N–H and O–H groups in total. The molecule has 3 rings (SSSR count). The Balaban J connectivity index is 1.68. The Morgan fingerprint density at radius 1 is 0.926 bits per heavy atom. The van der Waals surface area contributed by atoms with Crippen LogP contribution < -0.4 is 4.74 Å². The van der Waals surface area contributed by atoms with Gasteiger partial charge in [-0.1, -0.05) is 72.8 Å². The number of carbonyl (C=O) groups is 1. The third-order valence-electron chi connectivity index (χ3n) is 4.33. The summed E-state index contributed by atoms with van der Waals surface area (Å²) in [5.41, 5.74) is 3.02. The van der Waals surface area contributed by atoms with E-state index < -0.39 is 0 Å². The van der Waals surface area contributed by atoms with Crippen molar-refractivity contribution in [2.45, 2.75) is 18.9 Å². The lowest BCUT2D eigenvalue weighted by molar-refractivity contribution is -0.118. The molecule has 0 spiro atoms. The maximum absolute atomic E-state index is 12.9. The molecule has 3 aromatic carbocycles. The lowest BCUT2D eigenvalue weighted by Gasteiger charge is -2.12. The second kappa shape index (κ2) is 9.48. The second-order valence-corrected chi connectivity index (χ2v) is 6.36. The zero-order chi connectivity index (χ0) is 18.9. The maximum Gasteiger partial charge on any atom is 0.150 e. The van der Waals surface area contributed by atoms with Gasteiger partial charge in [0.15, 0.2) is 0 Å². The number of ether oxygens (including phenoxy) is 1. The summed E-state index contributed by atoms with van der Waals surface area (Å²) in [5.74, 6) is 0.557. The number of hydrogen-bond acceptors (Lipinski definition) is 3. The summed E-state index contributed by atoms with van der Waals surface area (Å²) in [6.07, 6.45) is 2.06. The minimum Gasteiger partial charge on any atom is -0.489 e. The van der Waals surface area contributed by atoms with Crippen LogP contribution in [-0.4, -0.2) is 19.0 Å². The van der Waals surface area contributed by atoms with E-state index in [1.165, 1.54) is 0 Å². The van der Waals surface area contributed by atoms with Crippen LogP contribution in [-0.2, 0) is 17.8 Å². The fourth-order valence-corrected chi connectivity index (χ4v) is 2.96. The van der Waals surface area contributed by atoms with Gasteiger partial charge in [0.25, 0.3) is 0 Å². The van der Waals surface area contributed by atoms with Gasteiger partial charge in [-0.05, 0) is 28.8 Å². The van der Waals surface area contributed by atoms with E-state index in [0.717, 1.165) is 22.4 Å². The molecule has 0 aliphatic carbocycles. The Hall–Kier alpha value is -3.20. The molecular formula is C24H23NO2. The van der Waals surface area contributed by atoms with Gasteiger partial charge < -0.3 is 4.74 Å². The maximum atomic E-state index is 12.9. The van der Waals surface area contributed by atoms with E-state index in [0.29, 0.717) is 13.0 Å². The molecular weight excluding hydrogens is 334 g/mol. The largest absolute Gasteiger partial charge is 0.489 e. The predicted octanol–water partition coefficient (Wildman–Crippen LogP) is 4.86. The van der Waals surface area contributed by atoms with E-state index in [2.05, 4.69) is 4.99 Å². The average molecular weight is 357 g/mol. The van der Waals surface area contributed by atoms with Gasteiger partial charge in [0, 0.05) is 19.7 Å². The molecule has 0 heterocycles. The van der Waals surface area contributed by atoms with Gasteiger partial charge in [-0.25, -0.2) is 0 Å². The third kappa shape index (κ3) is 5.38. The van der Waals surface area contributed by atoms with Crippen LogP contribution in [0, 0.1) is 0 Å². The highest BCUT2D eigenvalue weighted by Gasteiger charge is 2.18. The van der Waals surface area contributed by atoms with Crippen LogP contribution in [0.3, 0.4) is 0 Å². The van der Waals surface area contributed by atoms with Crippen molar-refractivity contribution in [3.63, 3.8) is 0 Å². The SMILES string of the molecule is CN=CC(C(=O)Cc1cccc(OCc2ccccc2)c1)c1ccccc1. The Bertz CT molecular complexity index is 889. The van der Waals surface area contributed by atoms with Crippen molar-refractivity contribution >= 4 is 12.0 Å². The summed E-state index contributed by atoms with van der Waals surface area (Å²) in [6.45, 7) is 0.507. The molecule has 0 saturated carbocycles. The van der Waals surface area contributed by atoms with E-state index >= 15 is 0 Å². The molecule has 0 amide bonds. The average Bonchev–Trinajstić information content (AvgIpc) is 2.72. The van der Waals surface area contributed by atoms with Gasteiger partial charge >= 0.3 is 0 Å². The summed E-state index contributed by atoms with van der Waals surface area (Å²) in [6, 6.07) is 27.5. The molecule has 0 aliphatic rings. The predicted molar refractivity (Wildman–Crippen MR) is 110 cm³/mol. The standard InChI is InChI=1S/C24H23NO2/c1-25-17-23(21-12-6-3-7-13-21)24(26)16-20-11-8-14-22(15-20)27-18-19-9-4-2-5-10-19/h2-15,17,23H,16,18H2,1H3. The van der Waals surface area contributed by atoms with E-state index in [4.69, 9.17) is 4.74 Å². The van der Waals surface area contributed by atoms with Gasteiger partial charge in [0.2, 0.25) is 0 Å². The van der Waals surface area contributed by atoms with Crippen LogP contribution in [0.15, 0.2) is 89.9 Å². The molecule has 0 bridgehead atoms. The molecule has 0 saturated heterocycles. The zero-order valence-electron chi connectivity index (χ0n) is 15.4. The Morgan fingerprint density at radius 3 is 2.30 bits per heavy atom. The van der Waals surface area contributed by atoms with E-state index in [-0.39, 0.29) is 11.7 Å². The lowest BCUT2D eigenvalue weighted by atomic mass is 9.92. The second-order valence-electron chi connectivity index (χ2n) is 6.36. The summed E-state index contributed by atoms with van der Waals surface area (Å²) < 4.78 is 5.87. The molecule has 0 aliphatic heterocycles. The molecule has 0 radical (unpaired) electrons. The van der Waals surface area contributed by atoms with Gasteiger partial charge in [0.05, 0.1) is 5.92 Å². The van der Waals surface area contributed by atoms with Crippen molar-refractivity contribution in [1.82, 2.24) is 0 Å². The first-order chi connectivity index (χ1) is 13.3. The van der Waals surface area contributed by atoms with Crippen LogP contribution in [0.2, 0.25) is 0 Å². The van der Waals surface area contributed by atoms with Crippen molar-refractivity contribution in [2.75, 3.05) is 7.05 Å². The van der Waals surface area contributed by atoms with E-state index in [9.17, 15) is 4.79 Å². The zero-order valence-corrected chi connectivity index (χ0v) is 15.4. The topological polar surface area (TPSA) is 38.7 Å². The smallest absolute Gasteiger partial charge is 0.150 e. The first-order valence-electron chi connectivity index (χ1n) is 9.02. The Kier molecular flexibility index (Phi) is 6.53. The highest BCUT2D eigenvalue weighted by molar-refractivity contribution is 6.01. The quantitative estimate of drug-likeness (QED) is 0.540.